The molecule has 0 spiro atoms. The number of aromatic carboxylic acids is 1. The van der Waals surface area contributed by atoms with Crippen LogP contribution in [0.4, 0.5) is 5.82 Å². The van der Waals surface area contributed by atoms with Gasteiger partial charge in [-0.3, -0.25) is 9.69 Å². The maximum absolute atomic E-state index is 13.5. The summed E-state index contributed by atoms with van der Waals surface area (Å²) < 4.78 is 7.34. The standard InChI is InChI=1S/C29H31N3O5/c1-17(2)32(28(34)20-9-7-18(3)8-10-20)27-23(29(35)36)16-31(30-27)22-13-11-19(12-14-22)25-15-21-5-4-6-24(33)26(21)37-25/h4-6,11-18,20,33H,7-10H2,1-3H3,(H,35,36). The van der Waals surface area contributed by atoms with Crippen molar-refractivity contribution < 1.29 is 24.2 Å². The number of para-hydroxylation sites is 1. The van der Waals surface area contributed by atoms with Gasteiger partial charge in [0, 0.05) is 29.1 Å². The molecule has 1 amide bonds. The number of aromatic hydroxyl groups is 1. The normalized spacial score (nSPS) is 17.8. The van der Waals surface area contributed by atoms with Gasteiger partial charge in [-0.25, -0.2) is 9.48 Å². The van der Waals surface area contributed by atoms with Gasteiger partial charge in [0.25, 0.3) is 0 Å². The summed E-state index contributed by atoms with van der Waals surface area (Å²) in [6.07, 6.45) is 5.08. The average Bonchev–Trinajstić information content (AvgIpc) is 3.50. The lowest BCUT2D eigenvalue weighted by Crippen LogP contribution is -2.43. The van der Waals surface area contributed by atoms with Gasteiger partial charge >= 0.3 is 5.97 Å². The SMILES string of the molecule is CC1CCC(C(=O)N(c2nn(-c3ccc(-c4cc5cccc(O)c5o4)cc3)cc2C(=O)O)C(C)C)CC1. The third kappa shape index (κ3) is 4.71. The fourth-order valence-corrected chi connectivity index (χ4v) is 5.10. The van der Waals surface area contributed by atoms with Gasteiger partial charge in [-0.05, 0) is 81.8 Å². The molecular weight excluding hydrogens is 470 g/mol. The fraction of sp³-hybridized carbons (Fsp3) is 0.345. The summed E-state index contributed by atoms with van der Waals surface area (Å²) in [5.74, 6) is 0.162. The van der Waals surface area contributed by atoms with Crippen molar-refractivity contribution in [2.24, 2.45) is 11.8 Å². The van der Waals surface area contributed by atoms with Crippen LogP contribution in [0, 0.1) is 11.8 Å². The molecule has 2 heterocycles. The molecule has 0 radical (unpaired) electrons. The minimum Gasteiger partial charge on any atom is -0.504 e. The zero-order chi connectivity index (χ0) is 26.3. The van der Waals surface area contributed by atoms with Crippen LogP contribution in [0.15, 0.2) is 59.1 Å². The molecule has 0 saturated heterocycles. The van der Waals surface area contributed by atoms with Crippen LogP contribution in [0.25, 0.3) is 28.0 Å². The first-order valence-electron chi connectivity index (χ1n) is 12.7. The molecule has 8 heteroatoms. The van der Waals surface area contributed by atoms with Crippen LogP contribution in [-0.4, -0.2) is 37.9 Å². The number of hydrogen-bond donors (Lipinski definition) is 2. The van der Waals surface area contributed by atoms with Crippen LogP contribution >= 0.6 is 0 Å². The Hall–Kier alpha value is -4.07. The van der Waals surface area contributed by atoms with E-state index in [0.29, 0.717) is 22.9 Å². The molecule has 1 fully saturated rings. The van der Waals surface area contributed by atoms with Crippen molar-refractivity contribution >= 4 is 28.7 Å². The van der Waals surface area contributed by atoms with Gasteiger partial charge in [-0.2, -0.15) is 0 Å². The molecule has 5 rings (SSSR count). The molecule has 8 nitrogen and oxygen atoms in total. The lowest BCUT2D eigenvalue weighted by Gasteiger charge is -2.32. The van der Waals surface area contributed by atoms with Crippen LogP contribution < -0.4 is 4.90 Å². The number of furan rings is 1. The summed E-state index contributed by atoms with van der Waals surface area (Å²) in [7, 11) is 0. The number of hydrogen-bond acceptors (Lipinski definition) is 5. The number of benzene rings is 2. The Bertz CT molecular complexity index is 1440. The Balaban J connectivity index is 1.46. The van der Waals surface area contributed by atoms with E-state index >= 15 is 0 Å². The zero-order valence-electron chi connectivity index (χ0n) is 21.2. The van der Waals surface area contributed by atoms with E-state index in [0.717, 1.165) is 36.6 Å². The second kappa shape index (κ2) is 9.76. The molecule has 1 aliphatic carbocycles. The predicted octanol–water partition coefficient (Wildman–Crippen LogP) is 6.26. The van der Waals surface area contributed by atoms with Crippen molar-refractivity contribution in [1.29, 1.82) is 0 Å². The maximum Gasteiger partial charge on any atom is 0.341 e. The summed E-state index contributed by atoms with van der Waals surface area (Å²) in [5, 5.41) is 25.4. The number of anilines is 1. The summed E-state index contributed by atoms with van der Waals surface area (Å²) >= 11 is 0. The predicted molar refractivity (Wildman–Crippen MR) is 141 cm³/mol. The van der Waals surface area contributed by atoms with E-state index in [9.17, 15) is 19.8 Å². The zero-order valence-corrected chi connectivity index (χ0v) is 21.2. The fourth-order valence-electron chi connectivity index (χ4n) is 5.10. The smallest absolute Gasteiger partial charge is 0.341 e. The highest BCUT2D eigenvalue weighted by Gasteiger charge is 2.34. The van der Waals surface area contributed by atoms with E-state index in [4.69, 9.17) is 4.42 Å². The van der Waals surface area contributed by atoms with E-state index in [1.165, 1.54) is 10.9 Å². The van der Waals surface area contributed by atoms with Gasteiger partial charge in [0.15, 0.2) is 17.2 Å². The third-order valence-electron chi connectivity index (χ3n) is 7.21. The number of phenols is 1. The van der Waals surface area contributed by atoms with Crippen molar-refractivity contribution in [3.8, 4) is 22.8 Å². The van der Waals surface area contributed by atoms with Gasteiger partial charge in [0.1, 0.15) is 11.3 Å². The molecule has 1 saturated carbocycles. The molecule has 2 aromatic heterocycles. The molecule has 0 bridgehead atoms. The van der Waals surface area contributed by atoms with E-state index in [-0.39, 0.29) is 35.0 Å². The highest BCUT2D eigenvalue weighted by molar-refractivity contribution is 6.01. The number of nitrogens with zero attached hydrogens (tertiary/aromatic N) is 3. The number of carbonyl (C=O) groups is 2. The molecular formula is C29H31N3O5. The van der Waals surface area contributed by atoms with Gasteiger partial charge in [0.05, 0.1) is 5.69 Å². The number of aromatic nitrogens is 2. The second-order valence-corrected chi connectivity index (χ2v) is 10.2. The first kappa shape index (κ1) is 24.6. The molecule has 0 unspecified atom stereocenters. The van der Waals surface area contributed by atoms with Crippen LogP contribution in [0.2, 0.25) is 0 Å². The van der Waals surface area contributed by atoms with Gasteiger partial charge in [-0.1, -0.05) is 19.1 Å². The van der Waals surface area contributed by atoms with Crippen LogP contribution in [0.5, 0.6) is 5.75 Å². The minimum absolute atomic E-state index is 0.0111. The first-order valence-corrected chi connectivity index (χ1v) is 12.7. The molecule has 2 N–H and O–H groups in total. The number of amides is 1. The largest absolute Gasteiger partial charge is 0.504 e. The summed E-state index contributed by atoms with van der Waals surface area (Å²) in [6, 6.07) is 14.1. The Morgan fingerprint density at radius 3 is 2.41 bits per heavy atom. The molecule has 2 aromatic carbocycles. The molecule has 192 valence electrons. The molecule has 1 aliphatic rings. The minimum atomic E-state index is -1.13. The number of carbonyl (C=O) groups excluding carboxylic acids is 1. The molecule has 0 atom stereocenters. The van der Waals surface area contributed by atoms with Crippen molar-refractivity contribution in [1.82, 2.24) is 9.78 Å². The van der Waals surface area contributed by atoms with Gasteiger partial charge in [-0.15, -0.1) is 5.10 Å². The van der Waals surface area contributed by atoms with Crippen LogP contribution in [0.1, 0.15) is 56.8 Å². The molecule has 37 heavy (non-hydrogen) atoms. The Kier molecular flexibility index (Phi) is 6.50. The van der Waals surface area contributed by atoms with E-state index in [1.807, 2.05) is 50.2 Å². The van der Waals surface area contributed by atoms with Crippen molar-refractivity contribution in [3.63, 3.8) is 0 Å². The van der Waals surface area contributed by atoms with Crippen molar-refractivity contribution in [3.05, 3.63) is 60.3 Å². The Morgan fingerprint density at radius 1 is 1.08 bits per heavy atom. The average molecular weight is 502 g/mol. The van der Waals surface area contributed by atoms with E-state index < -0.39 is 5.97 Å². The van der Waals surface area contributed by atoms with Gasteiger partial charge in [0.2, 0.25) is 5.91 Å². The highest BCUT2D eigenvalue weighted by atomic mass is 16.4. The van der Waals surface area contributed by atoms with Crippen LogP contribution in [-0.2, 0) is 4.79 Å². The summed E-state index contributed by atoms with van der Waals surface area (Å²) in [4.78, 5) is 27.2. The lowest BCUT2D eigenvalue weighted by atomic mass is 9.82. The lowest BCUT2D eigenvalue weighted by molar-refractivity contribution is -0.124. The number of phenolic OH excluding ortho intramolecular Hbond substituents is 1. The topological polar surface area (TPSA) is 109 Å². The van der Waals surface area contributed by atoms with Crippen molar-refractivity contribution in [2.45, 2.75) is 52.5 Å². The Morgan fingerprint density at radius 2 is 1.78 bits per heavy atom. The number of rotatable bonds is 6. The van der Waals surface area contributed by atoms with Crippen LogP contribution in [0.3, 0.4) is 0 Å². The van der Waals surface area contributed by atoms with E-state index in [1.54, 1.807) is 17.0 Å². The Labute approximate surface area is 215 Å². The molecule has 4 aromatic rings. The summed E-state index contributed by atoms with van der Waals surface area (Å²) in [6.45, 7) is 5.97. The quantitative estimate of drug-likeness (QED) is 0.323. The number of fused-ring (bicyclic) bond motifs is 1. The monoisotopic (exact) mass is 501 g/mol. The summed E-state index contributed by atoms with van der Waals surface area (Å²) in [5.41, 5.74) is 1.87. The molecule has 0 aliphatic heterocycles. The first-order chi connectivity index (χ1) is 17.7. The van der Waals surface area contributed by atoms with Gasteiger partial charge < -0.3 is 14.6 Å². The second-order valence-electron chi connectivity index (χ2n) is 10.2. The number of carboxylic acid groups (broad SMARTS) is 1. The third-order valence-corrected chi connectivity index (χ3v) is 7.21. The van der Waals surface area contributed by atoms with E-state index in [2.05, 4.69) is 12.0 Å². The highest BCUT2D eigenvalue weighted by Crippen LogP contribution is 2.34. The maximum atomic E-state index is 13.5. The van der Waals surface area contributed by atoms with Crippen molar-refractivity contribution in [2.75, 3.05) is 4.90 Å². The number of carboxylic acids is 1.